The van der Waals surface area contributed by atoms with Gasteiger partial charge in [-0.05, 0) is 42.5 Å². The molecular weight excluding hydrogens is 509 g/mol. The van der Waals surface area contributed by atoms with Gasteiger partial charge in [-0.3, -0.25) is 4.68 Å². The third-order valence-corrected chi connectivity index (χ3v) is 5.87. The van der Waals surface area contributed by atoms with Crippen LogP contribution in [0.3, 0.4) is 0 Å². The fourth-order valence-corrected chi connectivity index (χ4v) is 4.08. The van der Waals surface area contributed by atoms with Crippen molar-refractivity contribution < 1.29 is 22.7 Å². The molecule has 1 heterocycles. The zero-order valence-electron chi connectivity index (χ0n) is 16.6. The number of nitrogens with zero attached hydrogens (tertiary/aromatic N) is 2. The van der Waals surface area contributed by atoms with Gasteiger partial charge in [-0.2, -0.15) is 18.3 Å². The maximum absolute atomic E-state index is 13.6. The van der Waals surface area contributed by atoms with Gasteiger partial charge in [0.05, 0.1) is 30.3 Å². The first kappa shape index (κ1) is 22.4. The van der Waals surface area contributed by atoms with Crippen molar-refractivity contribution in [2.45, 2.75) is 12.7 Å². The Balaban J connectivity index is 1.85. The maximum Gasteiger partial charge on any atom is 0.416 e. The molecule has 0 saturated heterocycles. The van der Waals surface area contributed by atoms with Crippen LogP contribution in [-0.2, 0) is 17.5 Å². The van der Waals surface area contributed by atoms with E-state index in [1.165, 1.54) is 23.9 Å². The molecule has 164 valence electrons. The van der Waals surface area contributed by atoms with Crippen molar-refractivity contribution in [2.75, 3.05) is 7.11 Å². The minimum Gasteiger partial charge on any atom is -0.465 e. The van der Waals surface area contributed by atoms with Gasteiger partial charge in [-0.15, -0.1) is 0 Å². The van der Waals surface area contributed by atoms with Gasteiger partial charge in [-0.25, -0.2) is 4.79 Å². The van der Waals surface area contributed by atoms with Crippen LogP contribution in [0.1, 0.15) is 21.5 Å². The lowest BCUT2D eigenvalue weighted by atomic mass is 10.1. The first-order chi connectivity index (χ1) is 15.2. The summed E-state index contributed by atoms with van der Waals surface area (Å²) in [5.74, 6) is -0.464. The van der Waals surface area contributed by atoms with Crippen LogP contribution in [0.25, 0.3) is 22.2 Å². The minimum atomic E-state index is -4.55. The summed E-state index contributed by atoms with van der Waals surface area (Å²) in [7, 11) is 1.30. The summed E-state index contributed by atoms with van der Waals surface area (Å²) >= 11 is 9.57. The van der Waals surface area contributed by atoms with Gasteiger partial charge in [-0.1, -0.05) is 45.7 Å². The van der Waals surface area contributed by atoms with E-state index >= 15 is 0 Å². The number of hydrogen-bond acceptors (Lipinski definition) is 3. The van der Waals surface area contributed by atoms with Crippen LogP contribution < -0.4 is 0 Å². The summed E-state index contributed by atoms with van der Waals surface area (Å²) in [6.07, 6.45) is -4.55. The molecule has 4 nitrogen and oxygen atoms in total. The molecule has 1 aromatic heterocycles. The molecule has 4 rings (SSSR count). The Morgan fingerprint density at radius 3 is 2.50 bits per heavy atom. The molecule has 0 atom stereocenters. The zero-order valence-corrected chi connectivity index (χ0v) is 18.9. The molecule has 0 radical (unpaired) electrons. The van der Waals surface area contributed by atoms with Gasteiger partial charge in [0.25, 0.3) is 0 Å². The third-order valence-electron chi connectivity index (χ3n) is 5.03. The van der Waals surface area contributed by atoms with Gasteiger partial charge in [0.2, 0.25) is 0 Å². The molecule has 0 saturated carbocycles. The number of halogens is 5. The van der Waals surface area contributed by atoms with Gasteiger partial charge >= 0.3 is 12.1 Å². The average Bonchev–Trinajstić information content (AvgIpc) is 3.11. The number of rotatable bonds is 4. The van der Waals surface area contributed by atoms with Crippen LogP contribution in [0.15, 0.2) is 65.1 Å². The molecule has 0 aliphatic rings. The summed E-state index contributed by atoms with van der Waals surface area (Å²) in [5.41, 5.74) is 1.45. The number of fused-ring (bicyclic) bond motifs is 1. The largest absolute Gasteiger partial charge is 0.465 e. The van der Waals surface area contributed by atoms with Crippen LogP contribution in [0.5, 0.6) is 0 Å². The Hall–Kier alpha value is -2.84. The number of esters is 1. The number of methoxy groups -OCH3 is 1. The summed E-state index contributed by atoms with van der Waals surface area (Å²) < 4.78 is 47.7. The monoisotopic (exact) mass is 522 g/mol. The van der Waals surface area contributed by atoms with E-state index in [1.807, 2.05) is 12.1 Å². The van der Waals surface area contributed by atoms with E-state index in [-0.39, 0.29) is 17.1 Å². The number of benzene rings is 3. The highest BCUT2D eigenvalue weighted by atomic mass is 79.9. The number of hydrogen-bond donors (Lipinski definition) is 0. The zero-order chi connectivity index (χ0) is 23.0. The Morgan fingerprint density at radius 1 is 1.12 bits per heavy atom. The Kier molecular flexibility index (Phi) is 6.01. The highest BCUT2D eigenvalue weighted by Gasteiger charge is 2.34. The normalized spacial score (nSPS) is 11.7. The van der Waals surface area contributed by atoms with E-state index in [0.29, 0.717) is 22.3 Å². The maximum atomic E-state index is 13.6. The summed E-state index contributed by atoms with van der Waals surface area (Å²) in [5, 5.41) is 5.37. The highest BCUT2D eigenvalue weighted by Crippen LogP contribution is 2.37. The van der Waals surface area contributed by atoms with Crippen LogP contribution >= 0.6 is 27.5 Å². The SMILES string of the molecule is COC(=O)c1ccc(-c2nn(Cc3c(Cl)cccc3C(F)(F)F)c3cc(Br)ccc23)cc1. The molecular formula is C23H15BrClF3N2O2. The van der Waals surface area contributed by atoms with E-state index in [2.05, 4.69) is 21.0 Å². The van der Waals surface area contributed by atoms with Crippen LogP contribution in [0.2, 0.25) is 5.02 Å². The smallest absolute Gasteiger partial charge is 0.416 e. The molecule has 9 heteroatoms. The van der Waals surface area contributed by atoms with Crippen LogP contribution in [0.4, 0.5) is 13.2 Å². The number of ether oxygens (including phenoxy) is 1. The Morgan fingerprint density at radius 2 is 1.84 bits per heavy atom. The second kappa shape index (κ2) is 8.60. The number of aromatic nitrogens is 2. The topological polar surface area (TPSA) is 44.1 Å². The van der Waals surface area contributed by atoms with Crippen LogP contribution in [-0.4, -0.2) is 22.9 Å². The second-order valence-corrected chi connectivity index (χ2v) is 8.32. The van der Waals surface area contributed by atoms with Crippen molar-refractivity contribution in [3.05, 3.63) is 86.8 Å². The molecule has 4 aromatic rings. The lowest BCUT2D eigenvalue weighted by Crippen LogP contribution is -2.13. The molecule has 32 heavy (non-hydrogen) atoms. The lowest BCUT2D eigenvalue weighted by Gasteiger charge is -2.15. The average molecular weight is 524 g/mol. The van der Waals surface area contributed by atoms with Crippen molar-refractivity contribution in [1.82, 2.24) is 9.78 Å². The molecule has 0 fully saturated rings. The quantitative estimate of drug-likeness (QED) is 0.271. The second-order valence-electron chi connectivity index (χ2n) is 7.00. The first-order valence-corrected chi connectivity index (χ1v) is 10.6. The molecule has 0 amide bonds. The van der Waals surface area contributed by atoms with E-state index in [0.717, 1.165) is 15.9 Å². The van der Waals surface area contributed by atoms with Gasteiger partial charge in [0.1, 0.15) is 5.69 Å². The van der Waals surface area contributed by atoms with Gasteiger partial charge < -0.3 is 4.74 Å². The molecule has 0 aliphatic heterocycles. The van der Waals surface area contributed by atoms with Crippen molar-refractivity contribution in [3.8, 4) is 11.3 Å². The van der Waals surface area contributed by atoms with E-state index in [4.69, 9.17) is 16.3 Å². The van der Waals surface area contributed by atoms with Crippen molar-refractivity contribution in [2.24, 2.45) is 0 Å². The predicted molar refractivity (Wildman–Crippen MR) is 120 cm³/mol. The molecule has 0 N–H and O–H groups in total. The standard InChI is InChI=1S/C23H15BrClF3N2O2/c1-32-22(31)14-7-5-13(6-8-14)21-16-10-9-15(24)11-20(16)30(29-21)12-17-18(23(26,27)28)3-2-4-19(17)25/h2-11H,12H2,1H3. The number of carbonyl (C=O) groups excluding carboxylic acids is 1. The number of alkyl halides is 3. The van der Waals surface area contributed by atoms with E-state index in [9.17, 15) is 18.0 Å². The van der Waals surface area contributed by atoms with Crippen LogP contribution in [0, 0.1) is 0 Å². The summed E-state index contributed by atoms with van der Waals surface area (Å²) in [4.78, 5) is 11.7. The third kappa shape index (κ3) is 4.25. The van der Waals surface area contributed by atoms with E-state index < -0.39 is 17.7 Å². The molecule has 0 aliphatic carbocycles. The van der Waals surface area contributed by atoms with Crippen molar-refractivity contribution in [1.29, 1.82) is 0 Å². The van der Waals surface area contributed by atoms with Crippen molar-refractivity contribution in [3.63, 3.8) is 0 Å². The molecule has 0 bridgehead atoms. The minimum absolute atomic E-state index is 0.0162. The Bertz CT molecular complexity index is 1320. The number of carbonyl (C=O) groups is 1. The fourth-order valence-electron chi connectivity index (χ4n) is 3.50. The van der Waals surface area contributed by atoms with Crippen molar-refractivity contribution >= 4 is 44.4 Å². The van der Waals surface area contributed by atoms with E-state index in [1.54, 1.807) is 30.3 Å². The summed E-state index contributed by atoms with van der Waals surface area (Å²) in [6.45, 7) is -0.165. The highest BCUT2D eigenvalue weighted by molar-refractivity contribution is 9.10. The Labute approximate surface area is 194 Å². The molecule has 0 unspecified atom stereocenters. The molecule has 3 aromatic carbocycles. The first-order valence-electron chi connectivity index (χ1n) is 9.38. The van der Waals surface area contributed by atoms with Gasteiger partial charge in [0.15, 0.2) is 0 Å². The lowest BCUT2D eigenvalue weighted by molar-refractivity contribution is -0.138. The van der Waals surface area contributed by atoms with Gasteiger partial charge in [0, 0.05) is 26.0 Å². The fraction of sp³-hybridized carbons (Fsp3) is 0.130. The predicted octanol–water partition coefficient (Wildman–Crippen LogP) is 6.97. The summed E-state index contributed by atoms with van der Waals surface area (Å²) in [6, 6.07) is 15.8. The molecule has 0 spiro atoms.